The van der Waals surface area contributed by atoms with E-state index in [0.29, 0.717) is 60.0 Å². The molecule has 1 aliphatic rings. The van der Waals surface area contributed by atoms with Gasteiger partial charge in [-0.1, -0.05) is 17.7 Å². The third-order valence-electron chi connectivity index (χ3n) is 5.84. The number of nitrogens with one attached hydrogen (secondary N) is 2. The molecule has 3 aromatic rings. The summed E-state index contributed by atoms with van der Waals surface area (Å²) in [5.74, 6) is -0.782. The van der Waals surface area contributed by atoms with Crippen LogP contribution in [0.1, 0.15) is 45.7 Å². The second kappa shape index (κ2) is 10.9. The van der Waals surface area contributed by atoms with Crippen LogP contribution in [0.2, 0.25) is 5.02 Å². The molecular weight excluding hydrogens is 476 g/mol. The number of aliphatic carboxylic acids is 1. The molecule has 0 bridgehead atoms. The van der Waals surface area contributed by atoms with E-state index in [1.807, 2.05) is 18.2 Å². The zero-order chi connectivity index (χ0) is 24.1. The minimum Gasteiger partial charge on any atom is -0.490 e. The van der Waals surface area contributed by atoms with Gasteiger partial charge in [0.05, 0.1) is 16.9 Å². The SMILES string of the molecule is O=C(NCCNC(=O)c1cc2ccc(Cl)cc2s1)c1ccc(O[C@H]2CC[C@@H](C(=O)O)CC2)cc1. The fourth-order valence-corrected chi connectivity index (χ4v) is 5.22. The van der Waals surface area contributed by atoms with Crippen LogP contribution < -0.4 is 15.4 Å². The Morgan fingerprint density at radius 3 is 2.29 bits per heavy atom. The Balaban J connectivity index is 1.19. The van der Waals surface area contributed by atoms with E-state index < -0.39 is 5.97 Å². The summed E-state index contributed by atoms with van der Waals surface area (Å²) in [6, 6.07) is 14.2. The third kappa shape index (κ3) is 6.07. The molecule has 0 radical (unpaired) electrons. The van der Waals surface area contributed by atoms with Gasteiger partial charge in [-0.15, -0.1) is 11.3 Å². The fraction of sp³-hybridized carbons (Fsp3) is 0.320. The number of carboxylic acids is 1. The van der Waals surface area contributed by atoms with Crippen molar-refractivity contribution in [2.24, 2.45) is 5.92 Å². The van der Waals surface area contributed by atoms with Crippen LogP contribution in [0.3, 0.4) is 0 Å². The normalized spacial score (nSPS) is 17.8. The highest BCUT2D eigenvalue weighted by Gasteiger charge is 2.26. The minimum absolute atomic E-state index is 0.00295. The van der Waals surface area contributed by atoms with Crippen molar-refractivity contribution in [3.63, 3.8) is 0 Å². The monoisotopic (exact) mass is 500 g/mol. The van der Waals surface area contributed by atoms with E-state index in [9.17, 15) is 14.4 Å². The van der Waals surface area contributed by atoms with E-state index in [1.54, 1.807) is 30.3 Å². The number of halogens is 1. The van der Waals surface area contributed by atoms with Crippen molar-refractivity contribution >= 4 is 50.8 Å². The third-order valence-corrected chi connectivity index (χ3v) is 7.18. The van der Waals surface area contributed by atoms with E-state index in [-0.39, 0.29) is 23.8 Å². The van der Waals surface area contributed by atoms with Gasteiger partial charge >= 0.3 is 5.97 Å². The van der Waals surface area contributed by atoms with Gasteiger partial charge in [-0.25, -0.2) is 0 Å². The summed E-state index contributed by atoms with van der Waals surface area (Å²) in [4.78, 5) is 36.4. The molecule has 0 saturated heterocycles. The van der Waals surface area contributed by atoms with Gasteiger partial charge in [-0.05, 0) is 73.5 Å². The van der Waals surface area contributed by atoms with Crippen LogP contribution in [-0.2, 0) is 4.79 Å². The number of carbonyl (C=O) groups is 3. The maximum absolute atomic E-state index is 12.4. The second-order valence-electron chi connectivity index (χ2n) is 8.26. The van der Waals surface area contributed by atoms with Crippen molar-refractivity contribution in [3.05, 3.63) is 64.0 Å². The van der Waals surface area contributed by atoms with Crippen LogP contribution in [0, 0.1) is 5.92 Å². The van der Waals surface area contributed by atoms with Gasteiger partial charge in [0.2, 0.25) is 0 Å². The predicted molar refractivity (Wildman–Crippen MR) is 132 cm³/mol. The number of fused-ring (bicyclic) bond motifs is 1. The fourth-order valence-electron chi connectivity index (χ4n) is 3.96. The molecule has 1 fully saturated rings. The number of amides is 2. The van der Waals surface area contributed by atoms with E-state index >= 15 is 0 Å². The van der Waals surface area contributed by atoms with Gasteiger partial charge in [0.15, 0.2) is 0 Å². The maximum Gasteiger partial charge on any atom is 0.306 e. The molecular formula is C25H25ClN2O5S. The Bertz CT molecular complexity index is 1190. The van der Waals surface area contributed by atoms with Gasteiger partial charge in [-0.3, -0.25) is 14.4 Å². The smallest absolute Gasteiger partial charge is 0.306 e. The maximum atomic E-state index is 12.4. The first kappa shape index (κ1) is 24.0. The van der Waals surface area contributed by atoms with Crippen molar-refractivity contribution in [2.45, 2.75) is 31.8 Å². The standard InChI is InChI=1S/C25H25ClN2O5S/c26-18-6-1-17-13-22(34-21(17)14-18)24(30)28-12-11-27-23(29)15-2-7-19(8-3-15)33-20-9-4-16(5-10-20)25(31)32/h1-3,6-8,13-14,16,20H,4-5,9-12H2,(H,27,29)(H,28,30)(H,31,32)/t16-,20+. The van der Waals surface area contributed by atoms with Crippen molar-refractivity contribution in [1.29, 1.82) is 0 Å². The average molecular weight is 501 g/mol. The number of carbonyl (C=O) groups excluding carboxylic acids is 2. The molecule has 2 aromatic carbocycles. The summed E-state index contributed by atoms with van der Waals surface area (Å²) in [5, 5.41) is 16.3. The molecule has 0 aliphatic heterocycles. The van der Waals surface area contributed by atoms with Gasteiger partial charge in [-0.2, -0.15) is 0 Å². The van der Waals surface area contributed by atoms with Crippen molar-refractivity contribution in [1.82, 2.24) is 10.6 Å². The summed E-state index contributed by atoms with van der Waals surface area (Å²) in [7, 11) is 0. The van der Waals surface area contributed by atoms with Crippen LogP contribution in [0.25, 0.3) is 10.1 Å². The van der Waals surface area contributed by atoms with Crippen LogP contribution in [-0.4, -0.2) is 42.1 Å². The Morgan fingerprint density at radius 2 is 1.62 bits per heavy atom. The zero-order valence-electron chi connectivity index (χ0n) is 18.4. The Morgan fingerprint density at radius 1 is 0.941 bits per heavy atom. The molecule has 1 heterocycles. The van der Waals surface area contributed by atoms with E-state index in [4.69, 9.17) is 21.4 Å². The van der Waals surface area contributed by atoms with Gasteiger partial charge in [0, 0.05) is 28.4 Å². The van der Waals surface area contributed by atoms with E-state index in [2.05, 4.69) is 10.6 Å². The summed E-state index contributed by atoms with van der Waals surface area (Å²) >= 11 is 7.37. The number of thiophene rings is 1. The van der Waals surface area contributed by atoms with Crippen molar-refractivity contribution in [3.8, 4) is 5.75 Å². The lowest BCUT2D eigenvalue weighted by molar-refractivity contribution is -0.143. The second-order valence-corrected chi connectivity index (χ2v) is 9.78. The molecule has 0 atom stereocenters. The molecule has 1 saturated carbocycles. The highest BCUT2D eigenvalue weighted by molar-refractivity contribution is 7.20. The van der Waals surface area contributed by atoms with Gasteiger partial charge in [0.25, 0.3) is 11.8 Å². The lowest BCUT2D eigenvalue weighted by Crippen LogP contribution is -2.34. The number of hydrogen-bond acceptors (Lipinski definition) is 5. The average Bonchev–Trinajstić information content (AvgIpc) is 3.26. The molecule has 178 valence electrons. The number of benzene rings is 2. The Kier molecular flexibility index (Phi) is 7.70. The minimum atomic E-state index is -0.737. The zero-order valence-corrected chi connectivity index (χ0v) is 20.0. The highest BCUT2D eigenvalue weighted by Crippen LogP contribution is 2.29. The molecule has 0 unspecified atom stereocenters. The summed E-state index contributed by atoms with van der Waals surface area (Å²) in [6.07, 6.45) is 2.65. The molecule has 0 spiro atoms. The lowest BCUT2D eigenvalue weighted by atomic mass is 9.87. The molecule has 1 aromatic heterocycles. The van der Waals surface area contributed by atoms with Gasteiger partial charge in [0.1, 0.15) is 5.75 Å². The quantitative estimate of drug-likeness (QED) is 0.387. The first-order valence-corrected chi connectivity index (χ1v) is 12.3. The molecule has 7 nitrogen and oxygen atoms in total. The number of ether oxygens (including phenoxy) is 1. The van der Waals surface area contributed by atoms with Gasteiger partial charge < -0.3 is 20.5 Å². The van der Waals surface area contributed by atoms with E-state index in [0.717, 1.165) is 10.1 Å². The van der Waals surface area contributed by atoms with Crippen molar-refractivity contribution < 1.29 is 24.2 Å². The number of hydrogen-bond donors (Lipinski definition) is 3. The largest absolute Gasteiger partial charge is 0.490 e. The molecule has 2 amide bonds. The van der Waals surface area contributed by atoms with Crippen LogP contribution in [0.4, 0.5) is 0 Å². The predicted octanol–water partition coefficient (Wildman–Crippen LogP) is 4.74. The first-order chi connectivity index (χ1) is 16.4. The molecule has 4 rings (SSSR count). The lowest BCUT2D eigenvalue weighted by Gasteiger charge is -2.26. The Hall–Kier alpha value is -3.10. The summed E-state index contributed by atoms with van der Waals surface area (Å²) in [6.45, 7) is 0.603. The molecule has 34 heavy (non-hydrogen) atoms. The van der Waals surface area contributed by atoms with Crippen LogP contribution in [0.5, 0.6) is 5.75 Å². The van der Waals surface area contributed by atoms with Crippen LogP contribution >= 0.6 is 22.9 Å². The molecule has 3 N–H and O–H groups in total. The first-order valence-electron chi connectivity index (χ1n) is 11.1. The highest BCUT2D eigenvalue weighted by atomic mass is 35.5. The molecule has 9 heteroatoms. The summed E-state index contributed by atoms with van der Waals surface area (Å²) < 4.78 is 6.89. The summed E-state index contributed by atoms with van der Waals surface area (Å²) in [5.41, 5.74) is 0.495. The number of carboxylic acid groups (broad SMARTS) is 1. The Labute approximate surface area is 206 Å². The van der Waals surface area contributed by atoms with Crippen LogP contribution in [0.15, 0.2) is 48.5 Å². The molecule has 1 aliphatic carbocycles. The topological polar surface area (TPSA) is 105 Å². The van der Waals surface area contributed by atoms with E-state index in [1.165, 1.54) is 11.3 Å². The number of rotatable bonds is 8. The van der Waals surface area contributed by atoms with Crippen molar-refractivity contribution in [2.75, 3.05) is 13.1 Å².